The minimum Gasteiger partial charge on any atom is -0.490 e. The largest absolute Gasteiger partial charge is 0.490 e. The average Bonchev–Trinajstić information content (AvgIpc) is 3.44. The van der Waals surface area contributed by atoms with Crippen molar-refractivity contribution in [3.05, 3.63) is 86.1 Å². The molecule has 1 aliphatic heterocycles. The van der Waals surface area contributed by atoms with Crippen molar-refractivity contribution >= 4 is 58.2 Å². The van der Waals surface area contributed by atoms with E-state index in [1.165, 1.54) is 19.2 Å². The first kappa shape index (κ1) is 26.7. The summed E-state index contributed by atoms with van der Waals surface area (Å²) in [6.07, 6.45) is 1.55. The third kappa shape index (κ3) is 6.12. The Morgan fingerprint density at radius 3 is 2.59 bits per heavy atom. The van der Waals surface area contributed by atoms with Gasteiger partial charge in [0.15, 0.2) is 11.5 Å². The highest BCUT2D eigenvalue weighted by molar-refractivity contribution is 8.18. The van der Waals surface area contributed by atoms with Gasteiger partial charge in [0, 0.05) is 10.6 Å². The van der Waals surface area contributed by atoms with Gasteiger partial charge in [0.2, 0.25) is 5.76 Å². The van der Waals surface area contributed by atoms with Crippen LogP contribution >= 0.6 is 35.0 Å². The zero-order chi connectivity index (χ0) is 26.5. The number of furan rings is 1. The van der Waals surface area contributed by atoms with Gasteiger partial charge in [0.25, 0.3) is 11.1 Å². The number of thioether (sulfide) groups is 1. The molecule has 0 radical (unpaired) electrons. The molecule has 1 fully saturated rings. The molecule has 192 valence electrons. The number of hydrogen-bond acceptors (Lipinski definition) is 8. The molecule has 2 heterocycles. The lowest BCUT2D eigenvalue weighted by Gasteiger charge is -2.15. The SMILES string of the molecule is CCOc1cc(/C=C2/SC(=O)N(Cc3ccc(C(=O)OC)o3)C2=O)cc(Cl)c1OCc1ccccc1Cl. The number of amides is 2. The van der Waals surface area contributed by atoms with Crippen molar-refractivity contribution in [1.29, 1.82) is 0 Å². The van der Waals surface area contributed by atoms with Gasteiger partial charge in [-0.1, -0.05) is 41.4 Å². The number of carbonyl (C=O) groups excluding carboxylic acids is 3. The van der Waals surface area contributed by atoms with Gasteiger partial charge in [-0.2, -0.15) is 0 Å². The molecule has 0 N–H and O–H groups in total. The zero-order valence-corrected chi connectivity index (χ0v) is 22.1. The van der Waals surface area contributed by atoms with Gasteiger partial charge in [0.1, 0.15) is 12.4 Å². The number of carbonyl (C=O) groups is 3. The molecular weight excluding hydrogens is 541 g/mol. The van der Waals surface area contributed by atoms with E-state index in [0.717, 1.165) is 22.2 Å². The molecule has 0 spiro atoms. The molecule has 0 atom stereocenters. The van der Waals surface area contributed by atoms with Gasteiger partial charge in [-0.15, -0.1) is 0 Å². The fourth-order valence-electron chi connectivity index (χ4n) is 3.46. The second kappa shape index (κ2) is 11.8. The van der Waals surface area contributed by atoms with Gasteiger partial charge >= 0.3 is 5.97 Å². The number of nitrogens with zero attached hydrogens (tertiary/aromatic N) is 1. The predicted molar refractivity (Wildman–Crippen MR) is 140 cm³/mol. The molecule has 11 heteroatoms. The van der Waals surface area contributed by atoms with E-state index in [4.69, 9.17) is 37.1 Å². The van der Waals surface area contributed by atoms with E-state index < -0.39 is 17.1 Å². The highest BCUT2D eigenvalue weighted by Crippen LogP contribution is 2.40. The van der Waals surface area contributed by atoms with Crippen LogP contribution in [0.1, 0.15) is 34.4 Å². The van der Waals surface area contributed by atoms with Crippen molar-refractivity contribution in [2.75, 3.05) is 13.7 Å². The van der Waals surface area contributed by atoms with Gasteiger partial charge < -0.3 is 18.6 Å². The van der Waals surface area contributed by atoms with Crippen LogP contribution < -0.4 is 9.47 Å². The maximum absolute atomic E-state index is 13.0. The number of halogens is 2. The Kier molecular flexibility index (Phi) is 8.48. The minimum absolute atomic E-state index is 0.0186. The van der Waals surface area contributed by atoms with Crippen molar-refractivity contribution in [2.24, 2.45) is 0 Å². The Bertz CT molecular complexity index is 1380. The van der Waals surface area contributed by atoms with E-state index in [9.17, 15) is 14.4 Å². The Morgan fingerprint density at radius 1 is 1.08 bits per heavy atom. The van der Waals surface area contributed by atoms with Gasteiger partial charge in [-0.3, -0.25) is 14.5 Å². The van der Waals surface area contributed by atoms with Gasteiger partial charge in [-0.25, -0.2) is 4.79 Å². The molecule has 2 amide bonds. The summed E-state index contributed by atoms with van der Waals surface area (Å²) in [5.41, 5.74) is 1.34. The van der Waals surface area contributed by atoms with Crippen LogP contribution in [-0.4, -0.2) is 35.7 Å². The van der Waals surface area contributed by atoms with E-state index in [2.05, 4.69) is 4.74 Å². The summed E-state index contributed by atoms with van der Waals surface area (Å²) >= 11 is 13.5. The van der Waals surface area contributed by atoms with Crippen molar-refractivity contribution in [3.63, 3.8) is 0 Å². The molecule has 3 aromatic rings. The molecule has 1 aromatic heterocycles. The fourth-order valence-corrected chi connectivity index (χ4v) is 4.76. The summed E-state index contributed by atoms with van der Waals surface area (Å²) in [5, 5.41) is 0.373. The molecule has 0 bridgehead atoms. The lowest BCUT2D eigenvalue weighted by molar-refractivity contribution is -0.123. The zero-order valence-electron chi connectivity index (χ0n) is 19.8. The third-order valence-electron chi connectivity index (χ3n) is 5.20. The molecule has 8 nitrogen and oxygen atoms in total. The van der Waals surface area contributed by atoms with Crippen LogP contribution in [0.5, 0.6) is 11.5 Å². The molecule has 2 aromatic carbocycles. The average molecular weight is 562 g/mol. The number of esters is 1. The number of methoxy groups -OCH3 is 1. The Balaban J connectivity index is 1.53. The number of ether oxygens (including phenoxy) is 3. The Labute approximate surface area is 227 Å². The lowest BCUT2D eigenvalue weighted by atomic mass is 10.1. The summed E-state index contributed by atoms with van der Waals surface area (Å²) in [6, 6.07) is 13.5. The summed E-state index contributed by atoms with van der Waals surface area (Å²) in [7, 11) is 1.23. The van der Waals surface area contributed by atoms with Crippen LogP contribution in [0.4, 0.5) is 4.79 Å². The normalized spacial score (nSPS) is 14.4. The van der Waals surface area contributed by atoms with Crippen molar-refractivity contribution in [1.82, 2.24) is 4.90 Å². The highest BCUT2D eigenvalue weighted by atomic mass is 35.5. The summed E-state index contributed by atoms with van der Waals surface area (Å²) < 4.78 is 21.6. The number of rotatable bonds is 9. The van der Waals surface area contributed by atoms with E-state index in [1.54, 1.807) is 24.3 Å². The standard InChI is InChI=1S/C26H21Cl2NO7S/c1-3-34-21-11-15(10-19(28)23(21)35-14-16-6-4-5-7-18(16)27)12-22-24(30)29(26(32)37-22)13-17-8-9-20(36-17)25(31)33-2/h4-12H,3,13-14H2,1-2H3/b22-12+. The molecule has 0 aliphatic carbocycles. The van der Waals surface area contributed by atoms with Crippen LogP contribution in [0.15, 0.2) is 57.9 Å². The minimum atomic E-state index is -0.651. The van der Waals surface area contributed by atoms with Crippen molar-refractivity contribution in [2.45, 2.75) is 20.1 Å². The first-order valence-electron chi connectivity index (χ1n) is 11.1. The van der Waals surface area contributed by atoms with Crippen molar-refractivity contribution < 1.29 is 33.0 Å². The third-order valence-corrected chi connectivity index (χ3v) is 6.75. The number of benzene rings is 2. The predicted octanol–water partition coefficient (Wildman–Crippen LogP) is 6.59. The second-order valence-corrected chi connectivity index (χ2v) is 9.48. The molecule has 37 heavy (non-hydrogen) atoms. The monoisotopic (exact) mass is 561 g/mol. The summed E-state index contributed by atoms with van der Waals surface area (Å²) in [4.78, 5) is 38.3. The molecule has 1 saturated heterocycles. The van der Waals surface area contributed by atoms with Crippen molar-refractivity contribution in [3.8, 4) is 11.5 Å². The first-order valence-corrected chi connectivity index (χ1v) is 12.6. The van der Waals surface area contributed by atoms with Crippen LogP contribution in [-0.2, 0) is 22.7 Å². The first-order chi connectivity index (χ1) is 17.8. The molecular formula is C26H21Cl2NO7S. The molecule has 1 aliphatic rings. The van der Waals surface area contributed by atoms with E-state index in [1.807, 2.05) is 25.1 Å². The maximum Gasteiger partial charge on any atom is 0.373 e. The molecule has 4 rings (SSSR count). The molecule has 0 saturated carbocycles. The van der Waals surface area contributed by atoms with Gasteiger partial charge in [0.05, 0.1) is 30.2 Å². The maximum atomic E-state index is 13.0. The topological polar surface area (TPSA) is 95.3 Å². The number of hydrogen-bond donors (Lipinski definition) is 0. The summed E-state index contributed by atoms with van der Waals surface area (Å²) in [5.74, 6) is -0.173. The van der Waals surface area contributed by atoms with Crippen LogP contribution in [0.3, 0.4) is 0 Å². The van der Waals surface area contributed by atoms with E-state index in [-0.39, 0.29) is 34.6 Å². The highest BCUT2D eigenvalue weighted by Gasteiger charge is 2.36. The lowest BCUT2D eigenvalue weighted by Crippen LogP contribution is -2.27. The number of imide groups is 1. The van der Waals surface area contributed by atoms with Crippen LogP contribution in [0.2, 0.25) is 10.0 Å². The van der Waals surface area contributed by atoms with Gasteiger partial charge in [-0.05, 0) is 60.7 Å². The van der Waals surface area contributed by atoms with Crippen LogP contribution in [0, 0.1) is 0 Å². The van der Waals surface area contributed by atoms with E-state index in [0.29, 0.717) is 28.7 Å². The fraction of sp³-hybridized carbons (Fsp3) is 0.192. The van der Waals surface area contributed by atoms with Crippen LogP contribution in [0.25, 0.3) is 6.08 Å². The Hall–Kier alpha value is -3.40. The molecule has 0 unspecified atom stereocenters. The second-order valence-electron chi connectivity index (χ2n) is 7.67. The smallest absolute Gasteiger partial charge is 0.373 e. The summed E-state index contributed by atoms with van der Waals surface area (Å²) in [6.45, 7) is 2.24. The quantitative estimate of drug-likeness (QED) is 0.213. The van der Waals surface area contributed by atoms with E-state index >= 15 is 0 Å². The Morgan fingerprint density at radius 2 is 1.86 bits per heavy atom.